The molecule has 1 aromatic carbocycles. The molecule has 0 bridgehead atoms. The molecule has 1 N–H and O–H groups in total. The molecule has 4 rings (SSSR count). The lowest BCUT2D eigenvalue weighted by molar-refractivity contribution is 0.102. The van der Waals surface area contributed by atoms with Crippen LogP contribution >= 0.6 is 0 Å². The van der Waals surface area contributed by atoms with E-state index in [4.69, 9.17) is 4.42 Å². The number of benzene rings is 1. The maximum absolute atomic E-state index is 13.0. The third-order valence-corrected chi connectivity index (χ3v) is 5.71. The predicted molar refractivity (Wildman–Crippen MR) is 121 cm³/mol. The Morgan fingerprint density at radius 1 is 1.16 bits per heavy atom. The number of amides is 1. The first-order chi connectivity index (χ1) is 14.9. The Morgan fingerprint density at radius 3 is 2.55 bits per heavy atom. The number of anilines is 1. The zero-order valence-corrected chi connectivity index (χ0v) is 18.5. The lowest BCUT2D eigenvalue weighted by Crippen LogP contribution is -2.29. The fraction of sp³-hybridized carbons (Fsp3) is 0.458. The highest BCUT2D eigenvalue weighted by Gasteiger charge is 2.23. The fourth-order valence-electron chi connectivity index (χ4n) is 4.20. The molecule has 3 heterocycles. The normalized spacial score (nSPS) is 15.0. The largest absolute Gasteiger partial charge is 0.442 e. The van der Waals surface area contributed by atoms with E-state index in [1.165, 1.54) is 35.7 Å². The summed E-state index contributed by atoms with van der Waals surface area (Å²) in [5, 5.41) is 3.14. The summed E-state index contributed by atoms with van der Waals surface area (Å²) in [5.74, 6) is 0.313. The van der Waals surface area contributed by atoms with Crippen LogP contribution in [0.5, 0.6) is 0 Å². The number of furan rings is 1. The first-order valence-electron chi connectivity index (χ1n) is 11.0. The summed E-state index contributed by atoms with van der Waals surface area (Å²) in [6, 6.07) is 7.90. The molecule has 3 aromatic rings. The van der Waals surface area contributed by atoms with Crippen molar-refractivity contribution >= 4 is 22.7 Å². The third kappa shape index (κ3) is 4.71. The molecule has 0 atom stereocenters. The van der Waals surface area contributed by atoms with Crippen LogP contribution in [0, 0.1) is 12.8 Å². The summed E-state index contributed by atoms with van der Waals surface area (Å²) in [5.41, 5.74) is 2.11. The molecule has 7 nitrogen and oxygen atoms in total. The van der Waals surface area contributed by atoms with Gasteiger partial charge in [-0.15, -0.1) is 0 Å². The van der Waals surface area contributed by atoms with Gasteiger partial charge in [0.15, 0.2) is 0 Å². The van der Waals surface area contributed by atoms with Crippen molar-refractivity contribution in [3.63, 3.8) is 0 Å². The number of rotatable bonds is 6. The number of aromatic nitrogens is 2. The lowest BCUT2D eigenvalue weighted by Gasteiger charge is -2.26. The van der Waals surface area contributed by atoms with Gasteiger partial charge in [-0.1, -0.05) is 32.4 Å². The van der Waals surface area contributed by atoms with E-state index in [0.717, 1.165) is 19.6 Å². The fourth-order valence-corrected chi connectivity index (χ4v) is 4.20. The number of carbonyl (C=O) groups is 1. The summed E-state index contributed by atoms with van der Waals surface area (Å²) in [4.78, 5) is 32.7. The second-order valence-corrected chi connectivity index (χ2v) is 8.80. The smallest absolute Gasteiger partial charge is 0.265 e. The summed E-state index contributed by atoms with van der Waals surface area (Å²) in [6.07, 6.45) is 5.33. The molecule has 0 saturated carbocycles. The molecule has 2 aromatic heterocycles. The number of nitrogens with zero attached hydrogens (tertiary/aromatic N) is 3. The highest BCUT2D eigenvalue weighted by molar-refractivity contribution is 6.12. The number of hydrogen-bond acceptors (Lipinski definition) is 5. The molecule has 1 aliphatic rings. The molecule has 31 heavy (non-hydrogen) atoms. The van der Waals surface area contributed by atoms with E-state index in [-0.39, 0.29) is 34.0 Å². The number of carbonyl (C=O) groups excluding carboxylic acids is 1. The van der Waals surface area contributed by atoms with E-state index in [1.54, 1.807) is 6.92 Å². The molecule has 0 unspecified atom stereocenters. The van der Waals surface area contributed by atoms with E-state index < -0.39 is 0 Å². The van der Waals surface area contributed by atoms with Crippen LogP contribution in [0.25, 0.3) is 11.1 Å². The van der Waals surface area contributed by atoms with Crippen LogP contribution in [-0.4, -0.2) is 33.4 Å². The second kappa shape index (κ2) is 9.06. The van der Waals surface area contributed by atoms with Crippen LogP contribution < -0.4 is 10.9 Å². The number of piperidine rings is 1. The Morgan fingerprint density at radius 2 is 1.87 bits per heavy atom. The van der Waals surface area contributed by atoms with Gasteiger partial charge < -0.3 is 9.73 Å². The van der Waals surface area contributed by atoms with Crippen molar-refractivity contribution in [1.29, 1.82) is 0 Å². The van der Waals surface area contributed by atoms with Crippen LogP contribution in [-0.2, 0) is 13.1 Å². The van der Waals surface area contributed by atoms with Crippen LogP contribution in [0.4, 0.5) is 5.69 Å². The number of likely N-dealkylation sites (tertiary alicyclic amines) is 1. The molecule has 7 heteroatoms. The predicted octanol–water partition coefficient (Wildman–Crippen LogP) is 4.19. The number of nitrogens with one attached hydrogen (secondary N) is 1. The van der Waals surface area contributed by atoms with Gasteiger partial charge in [-0.3, -0.25) is 19.1 Å². The highest BCUT2D eigenvalue weighted by Crippen LogP contribution is 2.23. The monoisotopic (exact) mass is 422 g/mol. The van der Waals surface area contributed by atoms with Crippen molar-refractivity contribution in [1.82, 2.24) is 14.5 Å². The highest BCUT2D eigenvalue weighted by atomic mass is 16.3. The van der Waals surface area contributed by atoms with Gasteiger partial charge in [0.2, 0.25) is 5.71 Å². The number of aryl methyl sites for hydroxylation is 1. The molecule has 1 fully saturated rings. The topological polar surface area (TPSA) is 80.4 Å². The van der Waals surface area contributed by atoms with Crippen molar-refractivity contribution in [2.45, 2.75) is 53.1 Å². The van der Waals surface area contributed by atoms with Crippen molar-refractivity contribution in [2.75, 3.05) is 18.4 Å². The van der Waals surface area contributed by atoms with Gasteiger partial charge in [0.05, 0.1) is 5.56 Å². The Hall–Kier alpha value is -2.93. The molecule has 164 valence electrons. The Balaban J connectivity index is 1.54. The SMILES string of the molecule is Cc1oc2ncn(CC(C)C)c(=O)c2c1C(=O)Nc1ccc(CN2CCCCC2)cc1. The van der Waals surface area contributed by atoms with Crippen molar-refractivity contribution in [3.05, 3.63) is 57.8 Å². The van der Waals surface area contributed by atoms with Crippen molar-refractivity contribution < 1.29 is 9.21 Å². The summed E-state index contributed by atoms with van der Waals surface area (Å²) in [6.45, 7) is 9.50. The average molecular weight is 423 g/mol. The summed E-state index contributed by atoms with van der Waals surface area (Å²) >= 11 is 0. The zero-order chi connectivity index (χ0) is 22.0. The number of fused-ring (bicyclic) bond motifs is 1. The standard InChI is InChI=1S/C24H30N4O3/c1-16(2)13-28-15-25-23-21(24(28)30)20(17(3)31-23)22(29)26-19-9-7-18(8-10-19)14-27-11-5-4-6-12-27/h7-10,15-16H,4-6,11-14H2,1-3H3,(H,26,29). The van der Waals surface area contributed by atoms with E-state index in [1.807, 2.05) is 38.1 Å². The van der Waals surface area contributed by atoms with Gasteiger partial charge in [-0.25, -0.2) is 4.98 Å². The molecule has 1 aliphatic heterocycles. The Kier molecular flexibility index (Phi) is 6.23. The number of hydrogen-bond donors (Lipinski definition) is 1. The summed E-state index contributed by atoms with van der Waals surface area (Å²) < 4.78 is 7.15. The molecular formula is C24H30N4O3. The van der Waals surface area contributed by atoms with Gasteiger partial charge >= 0.3 is 0 Å². The van der Waals surface area contributed by atoms with Crippen LogP contribution in [0.15, 0.2) is 39.8 Å². The van der Waals surface area contributed by atoms with E-state index in [0.29, 0.717) is 18.0 Å². The molecule has 0 radical (unpaired) electrons. The van der Waals surface area contributed by atoms with E-state index in [9.17, 15) is 9.59 Å². The quantitative estimate of drug-likeness (QED) is 0.644. The maximum atomic E-state index is 13.0. The first kappa shape index (κ1) is 21.3. The van der Waals surface area contributed by atoms with Gasteiger partial charge in [0.1, 0.15) is 17.5 Å². The van der Waals surface area contributed by atoms with Gasteiger partial charge in [0.25, 0.3) is 11.5 Å². The minimum Gasteiger partial charge on any atom is -0.442 e. The molecule has 0 spiro atoms. The van der Waals surface area contributed by atoms with Crippen molar-refractivity contribution in [3.8, 4) is 0 Å². The van der Waals surface area contributed by atoms with Crippen LogP contribution in [0.2, 0.25) is 0 Å². The Bertz CT molecular complexity index is 1120. The first-order valence-corrected chi connectivity index (χ1v) is 11.0. The maximum Gasteiger partial charge on any atom is 0.265 e. The van der Waals surface area contributed by atoms with Gasteiger partial charge in [-0.05, 0) is 56.5 Å². The van der Waals surface area contributed by atoms with Crippen molar-refractivity contribution in [2.24, 2.45) is 5.92 Å². The second-order valence-electron chi connectivity index (χ2n) is 8.80. The molecular weight excluding hydrogens is 392 g/mol. The van der Waals surface area contributed by atoms with Crippen LogP contribution in [0.1, 0.15) is 54.8 Å². The Labute approximate surface area is 182 Å². The average Bonchev–Trinajstić information content (AvgIpc) is 3.09. The zero-order valence-electron chi connectivity index (χ0n) is 18.5. The molecule has 0 aliphatic carbocycles. The van der Waals surface area contributed by atoms with Gasteiger partial charge in [-0.2, -0.15) is 0 Å². The minimum atomic E-state index is -0.360. The third-order valence-electron chi connectivity index (χ3n) is 5.71. The molecule has 1 amide bonds. The van der Waals surface area contributed by atoms with E-state index in [2.05, 4.69) is 15.2 Å². The van der Waals surface area contributed by atoms with Crippen LogP contribution in [0.3, 0.4) is 0 Å². The summed E-state index contributed by atoms with van der Waals surface area (Å²) in [7, 11) is 0. The van der Waals surface area contributed by atoms with Gasteiger partial charge in [0, 0.05) is 18.8 Å². The lowest BCUT2D eigenvalue weighted by atomic mass is 10.1. The minimum absolute atomic E-state index is 0.199. The molecule has 1 saturated heterocycles. The van der Waals surface area contributed by atoms with E-state index >= 15 is 0 Å².